The van der Waals surface area contributed by atoms with Crippen LogP contribution in [0.2, 0.25) is 0 Å². The standard InChI is InChI=1S/C38H53N5O7S/c1-22(2)30(42(5)37(47)33(27-11-12-27)41-35(46)31-19-26-13-15-43(31)16-14-26)20-32(50-24(4)44)36-40-29(21-51-36)34(45)39-28(17-23(3)38(48)49)18-25-9-7-6-8-10-25/h6-10,21-23,26-28,30-33H,11-20H2,1-5H3,(H,39,45)(H,41,46)(H,48,49)/t23-,28+,30+,31+,32+,33-/m0/s1. The molecule has 3 saturated heterocycles. The van der Waals surface area contributed by atoms with Crippen molar-refractivity contribution in [3.05, 3.63) is 52.0 Å². The normalized spacial score (nSPS) is 22.7. The Morgan fingerprint density at radius 3 is 2.27 bits per heavy atom. The molecule has 4 aliphatic rings. The lowest BCUT2D eigenvalue weighted by Gasteiger charge is -2.45. The van der Waals surface area contributed by atoms with Crippen LogP contribution in [0.5, 0.6) is 0 Å². The smallest absolute Gasteiger partial charge is 0.306 e. The summed E-state index contributed by atoms with van der Waals surface area (Å²) in [5, 5.41) is 17.7. The topological polar surface area (TPSA) is 158 Å². The van der Waals surface area contributed by atoms with Gasteiger partial charge in [-0.25, -0.2) is 4.98 Å². The zero-order chi connectivity index (χ0) is 36.8. The second-order valence-corrected chi connectivity index (χ2v) is 15.9. The first-order valence-electron chi connectivity index (χ1n) is 18.3. The highest BCUT2D eigenvalue weighted by atomic mass is 32.1. The van der Waals surface area contributed by atoms with Crippen molar-refractivity contribution in [2.45, 2.75) is 109 Å². The Morgan fingerprint density at radius 2 is 1.71 bits per heavy atom. The van der Waals surface area contributed by atoms with Crippen molar-refractivity contribution >= 4 is 41.0 Å². The van der Waals surface area contributed by atoms with E-state index in [-0.39, 0.29) is 54.3 Å². The number of hydrogen-bond acceptors (Lipinski definition) is 9. The Bertz CT molecular complexity index is 1540. The summed E-state index contributed by atoms with van der Waals surface area (Å²) in [4.78, 5) is 73.6. The molecule has 3 amide bonds. The van der Waals surface area contributed by atoms with Gasteiger partial charge in [-0.3, -0.25) is 28.9 Å². The van der Waals surface area contributed by atoms with E-state index in [1.807, 2.05) is 44.2 Å². The van der Waals surface area contributed by atoms with Gasteiger partial charge >= 0.3 is 11.9 Å². The van der Waals surface area contributed by atoms with Gasteiger partial charge in [-0.15, -0.1) is 11.3 Å². The minimum Gasteiger partial charge on any atom is -0.481 e. The number of amides is 3. The number of thiazole rings is 1. The fraction of sp³-hybridized carbons (Fsp3) is 0.632. The van der Waals surface area contributed by atoms with Gasteiger partial charge in [-0.2, -0.15) is 0 Å². The highest BCUT2D eigenvalue weighted by molar-refractivity contribution is 7.09. The van der Waals surface area contributed by atoms with E-state index in [0.29, 0.717) is 17.3 Å². The highest BCUT2D eigenvalue weighted by Crippen LogP contribution is 2.37. The first-order valence-corrected chi connectivity index (χ1v) is 19.2. The molecule has 1 aromatic heterocycles. The van der Waals surface area contributed by atoms with E-state index in [2.05, 4.69) is 20.5 Å². The van der Waals surface area contributed by atoms with Gasteiger partial charge < -0.3 is 25.4 Å². The molecule has 12 nitrogen and oxygen atoms in total. The van der Waals surface area contributed by atoms with Crippen LogP contribution < -0.4 is 10.6 Å². The van der Waals surface area contributed by atoms with Gasteiger partial charge in [0.2, 0.25) is 11.8 Å². The number of carbonyl (C=O) groups excluding carboxylic acids is 4. The fourth-order valence-electron chi connectivity index (χ4n) is 7.60. The van der Waals surface area contributed by atoms with E-state index in [4.69, 9.17) is 4.74 Å². The van der Waals surface area contributed by atoms with Crippen LogP contribution in [0.4, 0.5) is 0 Å². The monoisotopic (exact) mass is 723 g/mol. The number of nitrogens with zero attached hydrogens (tertiary/aromatic N) is 3. The average molecular weight is 724 g/mol. The number of carboxylic acid groups (broad SMARTS) is 1. The van der Waals surface area contributed by atoms with Crippen LogP contribution in [-0.4, -0.2) is 93.9 Å². The average Bonchev–Trinajstić information content (AvgIpc) is 3.83. The molecule has 2 aromatic rings. The third kappa shape index (κ3) is 10.2. The summed E-state index contributed by atoms with van der Waals surface area (Å²) in [7, 11) is 1.75. The molecule has 6 atom stereocenters. The molecule has 3 N–H and O–H groups in total. The molecule has 4 fully saturated rings. The maximum atomic E-state index is 14.1. The number of aliphatic carboxylic acids is 1. The summed E-state index contributed by atoms with van der Waals surface area (Å²) in [5.41, 5.74) is 1.11. The SMILES string of the molecule is CC(=O)O[C@H](C[C@H](C(C)C)N(C)C(=O)[C@@H](NC(=O)[C@H]1CC2CCN1CC2)C1CC1)c1nc(C(=O)N[C@@H](Cc2ccccc2)C[C@H](C)C(=O)O)cs1. The summed E-state index contributed by atoms with van der Waals surface area (Å²) in [6.45, 7) is 8.79. The van der Waals surface area contributed by atoms with E-state index < -0.39 is 42.0 Å². The second-order valence-electron chi connectivity index (χ2n) is 15.1. The number of benzene rings is 1. The van der Waals surface area contributed by atoms with Crippen molar-refractivity contribution in [1.82, 2.24) is 25.4 Å². The molecule has 1 aliphatic carbocycles. The molecule has 0 spiro atoms. The van der Waals surface area contributed by atoms with Crippen LogP contribution in [0.3, 0.4) is 0 Å². The van der Waals surface area contributed by atoms with E-state index in [9.17, 15) is 29.1 Å². The molecule has 1 aromatic carbocycles. The Balaban J connectivity index is 1.28. The molecule has 1 saturated carbocycles. The lowest BCUT2D eigenvalue weighted by atomic mass is 9.83. The number of nitrogens with one attached hydrogen (secondary N) is 2. The number of rotatable bonds is 17. The minimum atomic E-state index is -0.939. The molecule has 3 aliphatic heterocycles. The number of likely N-dealkylation sites (N-methyl/N-ethyl adjacent to an activating group) is 1. The lowest BCUT2D eigenvalue weighted by molar-refractivity contribution is -0.149. The summed E-state index contributed by atoms with van der Waals surface area (Å²) < 4.78 is 5.77. The van der Waals surface area contributed by atoms with Crippen LogP contribution >= 0.6 is 11.3 Å². The van der Waals surface area contributed by atoms with Crippen LogP contribution in [0, 0.1) is 23.7 Å². The van der Waals surface area contributed by atoms with Gasteiger partial charge in [0.25, 0.3) is 5.91 Å². The molecular weight excluding hydrogens is 671 g/mol. The van der Waals surface area contributed by atoms with Crippen molar-refractivity contribution in [3.63, 3.8) is 0 Å². The summed E-state index contributed by atoms with van der Waals surface area (Å²) in [5.74, 6) is -2.13. The Hall–Kier alpha value is -3.84. The molecule has 0 radical (unpaired) electrons. The number of piperidine rings is 3. The first-order chi connectivity index (χ1) is 24.3. The summed E-state index contributed by atoms with van der Waals surface area (Å²) in [6.07, 6.45) is 5.00. The number of aromatic nitrogens is 1. The molecule has 4 heterocycles. The Kier molecular flexibility index (Phi) is 12.9. The van der Waals surface area contributed by atoms with E-state index in [1.165, 1.54) is 18.3 Å². The summed E-state index contributed by atoms with van der Waals surface area (Å²) >= 11 is 1.19. The Labute approximate surface area is 304 Å². The van der Waals surface area contributed by atoms with Crippen molar-refractivity contribution in [2.24, 2.45) is 23.7 Å². The quantitative estimate of drug-likeness (QED) is 0.201. The third-order valence-corrected chi connectivity index (χ3v) is 11.7. The minimum absolute atomic E-state index is 0.0227. The predicted octanol–water partition coefficient (Wildman–Crippen LogP) is 4.45. The number of fused-ring (bicyclic) bond motifs is 3. The molecule has 0 unspecified atom stereocenters. The van der Waals surface area contributed by atoms with E-state index in [0.717, 1.165) is 50.8 Å². The van der Waals surface area contributed by atoms with Crippen LogP contribution in [0.1, 0.15) is 99.8 Å². The zero-order valence-corrected chi connectivity index (χ0v) is 31.2. The molecular formula is C38H53N5O7S. The van der Waals surface area contributed by atoms with Crippen LogP contribution in [0.15, 0.2) is 35.7 Å². The number of esters is 1. The van der Waals surface area contributed by atoms with Gasteiger partial charge in [0.05, 0.1) is 12.0 Å². The third-order valence-electron chi connectivity index (χ3n) is 10.7. The largest absolute Gasteiger partial charge is 0.481 e. The predicted molar refractivity (Wildman–Crippen MR) is 193 cm³/mol. The van der Waals surface area contributed by atoms with Gasteiger partial charge in [0.15, 0.2) is 6.10 Å². The van der Waals surface area contributed by atoms with Gasteiger partial charge in [0.1, 0.15) is 16.7 Å². The maximum Gasteiger partial charge on any atom is 0.306 e. The number of carboxylic acids is 1. The second kappa shape index (κ2) is 17.1. The molecule has 51 heavy (non-hydrogen) atoms. The van der Waals surface area contributed by atoms with Crippen molar-refractivity contribution < 1.29 is 33.8 Å². The maximum absolute atomic E-state index is 14.1. The first kappa shape index (κ1) is 38.4. The fourth-order valence-corrected chi connectivity index (χ4v) is 8.44. The number of carbonyl (C=O) groups is 5. The van der Waals surface area contributed by atoms with Crippen molar-refractivity contribution in [3.8, 4) is 0 Å². The number of ether oxygens (including phenoxy) is 1. The van der Waals surface area contributed by atoms with E-state index >= 15 is 0 Å². The van der Waals surface area contributed by atoms with Gasteiger partial charge in [-0.05, 0) is 81.4 Å². The van der Waals surface area contributed by atoms with Gasteiger partial charge in [-0.1, -0.05) is 51.1 Å². The Morgan fingerprint density at radius 1 is 1.02 bits per heavy atom. The zero-order valence-electron chi connectivity index (χ0n) is 30.4. The van der Waals surface area contributed by atoms with Crippen molar-refractivity contribution in [2.75, 3.05) is 20.1 Å². The highest BCUT2D eigenvalue weighted by Gasteiger charge is 2.44. The number of hydrogen-bond donors (Lipinski definition) is 3. The molecule has 6 rings (SSSR count). The van der Waals surface area contributed by atoms with Crippen molar-refractivity contribution in [1.29, 1.82) is 0 Å². The van der Waals surface area contributed by atoms with Crippen LogP contribution in [-0.2, 0) is 30.3 Å². The van der Waals surface area contributed by atoms with E-state index in [1.54, 1.807) is 24.3 Å². The molecule has 2 bridgehead atoms. The summed E-state index contributed by atoms with van der Waals surface area (Å²) in [6, 6.07) is 7.95. The molecule has 278 valence electrons. The van der Waals surface area contributed by atoms with Gasteiger partial charge in [0, 0.05) is 37.9 Å². The lowest BCUT2D eigenvalue weighted by Crippen LogP contribution is -2.59. The van der Waals surface area contributed by atoms with Crippen LogP contribution in [0.25, 0.3) is 0 Å². The molecule has 13 heteroatoms.